The summed E-state index contributed by atoms with van der Waals surface area (Å²) in [6.45, 7) is 0.0114. The zero-order chi connectivity index (χ0) is 11.3. The Labute approximate surface area is 85.1 Å². The van der Waals surface area contributed by atoms with Gasteiger partial charge in [0.1, 0.15) is 0 Å². The van der Waals surface area contributed by atoms with Crippen molar-refractivity contribution in [2.45, 2.75) is 6.10 Å². The number of aromatic nitrogens is 2. The van der Waals surface area contributed by atoms with E-state index < -0.39 is 17.9 Å². The van der Waals surface area contributed by atoms with Gasteiger partial charge >= 0.3 is 5.97 Å². The van der Waals surface area contributed by atoms with Crippen LogP contribution in [0.1, 0.15) is 0 Å². The normalized spacial score (nSPS) is 12.1. The molecule has 15 heavy (non-hydrogen) atoms. The molecule has 0 saturated heterocycles. The van der Waals surface area contributed by atoms with Crippen LogP contribution in [-0.2, 0) is 9.53 Å². The summed E-state index contributed by atoms with van der Waals surface area (Å²) < 4.78 is 17.1. The Balaban J connectivity index is 2.49. The summed E-state index contributed by atoms with van der Waals surface area (Å²) in [4.78, 5) is 17.7. The molecule has 0 spiro atoms. The van der Waals surface area contributed by atoms with Crippen LogP contribution in [0.2, 0.25) is 0 Å². The molecule has 0 aromatic carbocycles. The van der Waals surface area contributed by atoms with E-state index in [0.29, 0.717) is 0 Å². The van der Waals surface area contributed by atoms with Gasteiger partial charge in [0.25, 0.3) is 0 Å². The quantitative estimate of drug-likeness (QED) is 0.726. The molecule has 6 nitrogen and oxygen atoms in total. The molecule has 0 fully saturated rings. The minimum absolute atomic E-state index is 0.0114. The summed E-state index contributed by atoms with van der Waals surface area (Å²) in [6.07, 6.45) is 0.981. The van der Waals surface area contributed by atoms with Crippen LogP contribution in [0.15, 0.2) is 12.4 Å². The molecule has 1 atom stereocenters. The molecule has 0 aliphatic carbocycles. The highest BCUT2D eigenvalue weighted by atomic mass is 19.1. The van der Waals surface area contributed by atoms with Gasteiger partial charge in [-0.1, -0.05) is 0 Å². The van der Waals surface area contributed by atoms with Crippen molar-refractivity contribution in [1.29, 1.82) is 0 Å². The first kappa shape index (κ1) is 11.3. The number of carboxylic acid groups (broad SMARTS) is 1. The molecule has 1 unspecified atom stereocenters. The van der Waals surface area contributed by atoms with E-state index in [1.807, 2.05) is 0 Å². The van der Waals surface area contributed by atoms with Gasteiger partial charge in [-0.25, -0.2) is 19.2 Å². The van der Waals surface area contributed by atoms with Gasteiger partial charge in [-0.3, -0.25) is 0 Å². The third-order valence-electron chi connectivity index (χ3n) is 1.63. The van der Waals surface area contributed by atoms with Crippen molar-refractivity contribution >= 4 is 11.9 Å². The zero-order valence-electron chi connectivity index (χ0n) is 7.98. The number of carbonyl (C=O) groups is 1. The Morgan fingerprint density at radius 3 is 2.73 bits per heavy atom. The molecule has 7 heteroatoms. The highest BCUT2D eigenvalue weighted by Gasteiger charge is 2.15. The second-order valence-electron chi connectivity index (χ2n) is 2.67. The standard InChI is InChI=1S/C8H10FN3O3/c1-15-6(7(13)14)4-12-8-10-2-5(9)3-11-8/h2-3,6H,4H2,1H3,(H,13,14)(H,10,11,12). The number of halogens is 1. The van der Waals surface area contributed by atoms with Crippen LogP contribution >= 0.6 is 0 Å². The Hall–Kier alpha value is -1.76. The fourth-order valence-electron chi connectivity index (χ4n) is 0.859. The lowest BCUT2D eigenvalue weighted by Crippen LogP contribution is -2.30. The number of nitrogens with zero attached hydrogens (tertiary/aromatic N) is 2. The Kier molecular flexibility index (Phi) is 3.92. The number of methoxy groups -OCH3 is 1. The third kappa shape index (κ3) is 3.47. The van der Waals surface area contributed by atoms with Crippen LogP contribution in [0.3, 0.4) is 0 Å². The maximum Gasteiger partial charge on any atom is 0.334 e. The summed E-state index contributed by atoms with van der Waals surface area (Å²) in [6, 6.07) is 0. The van der Waals surface area contributed by atoms with Crippen molar-refractivity contribution in [2.75, 3.05) is 19.0 Å². The number of nitrogens with one attached hydrogen (secondary N) is 1. The van der Waals surface area contributed by atoms with E-state index in [1.54, 1.807) is 0 Å². The SMILES string of the molecule is COC(CNc1ncc(F)cn1)C(=O)O. The van der Waals surface area contributed by atoms with Crippen molar-refractivity contribution in [3.63, 3.8) is 0 Å². The molecule has 0 amide bonds. The smallest absolute Gasteiger partial charge is 0.334 e. The van der Waals surface area contributed by atoms with E-state index in [-0.39, 0.29) is 12.5 Å². The predicted octanol–water partition coefficient (Wildman–Crippen LogP) is 0.127. The molecule has 2 N–H and O–H groups in total. The number of hydrogen-bond acceptors (Lipinski definition) is 5. The number of carboxylic acids is 1. The van der Waals surface area contributed by atoms with Crippen LogP contribution in [0.25, 0.3) is 0 Å². The highest BCUT2D eigenvalue weighted by Crippen LogP contribution is 1.99. The lowest BCUT2D eigenvalue weighted by atomic mass is 10.3. The summed E-state index contributed by atoms with van der Waals surface area (Å²) in [7, 11) is 1.28. The highest BCUT2D eigenvalue weighted by molar-refractivity contribution is 5.73. The number of anilines is 1. The Bertz CT molecular complexity index is 330. The van der Waals surface area contributed by atoms with Crippen LogP contribution < -0.4 is 5.32 Å². The van der Waals surface area contributed by atoms with Crippen LogP contribution in [0.4, 0.5) is 10.3 Å². The molecule has 0 aliphatic heterocycles. The summed E-state index contributed by atoms with van der Waals surface area (Å²) in [5.41, 5.74) is 0. The molecule has 0 radical (unpaired) electrons. The van der Waals surface area contributed by atoms with Gasteiger partial charge in [0.05, 0.1) is 18.9 Å². The first-order chi connectivity index (χ1) is 7.13. The average Bonchev–Trinajstić information content (AvgIpc) is 2.21. The predicted molar refractivity (Wildman–Crippen MR) is 48.9 cm³/mol. The maximum atomic E-state index is 12.4. The molecule has 1 aromatic heterocycles. The Morgan fingerprint density at radius 2 is 2.27 bits per heavy atom. The molecule has 0 saturated carbocycles. The summed E-state index contributed by atoms with van der Waals surface area (Å²) in [5.74, 6) is -1.49. The van der Waals surface area contributed by atoms with E-state index in [4.69, 9.17) is 5.11 Å². The van der Waals surface area contributed by atoms with Gasteiger partial charge in [-0.15, -0.1) is 0 Å². The van der Waals surface area contributed by atoms with E-state index in [1.165, 1.54) is 7.11 Å². The molecule has 1 rings (SSSR count). The van der Waals surface area contributed by atoms with E-state index in [9.17, 15) is 9.18 Å². The van der Waals surface area contributed by atoms with Crippen molar-refractivity contribution in [3.8, 4) is 0 Å². The van der Waals surface area contributed by atoms with Gasteiger partial charge in [0, 0.05) is 7.11 Å². The van der Waals surface area contributed by atoms with Crippen molar-refractivity contribution in [3.05, 3.63) is 18.2 Å². The van der Waals surface area contributed by atoms with E-state index >= 15 is 0 Å². The fourth-order valence-corrected chi connectivity index (χ4v) is 0.859. The molecular formula is C8H10FN3O3. The second kappa shape index (κ2) is 5.20. The second-order valence-corrected chi connectivity index (χ2v) is 2.67. The zero-order valence-corrected chi connectivity index (χ0v) is 7.98. The largest absolute Gasteiger partial charge is 0.479 e. The first-order valence-corrected chi connectivity index (χ1v) is 4.10. The molecule has 1 aromatic rings. The lowest BCUT2D eigenvalue weighted by Gasteiger charge is -2.10. The molecule has 0 bridgehead atoms. The molecule has 0 aliphatic rings. The minimum Gasteiger partial charge on any atom is -0.479 e. The van der Waals surface area contributed by atoms with Crippen LogP contribution in [0, 0.1) is 5.82 Å². The topological polar surface area (TPSA) is 84.3 Å². The maximum absolute atomic E-state index is 12.4. The number of ether oxygens (including phenoxy) is 1. The fraction of sp³-hybridized carbons (Fsp3) is 0.375. The van der Waals surface area contributed by atoms with Gasteiger partial charge in [0.2, 0.25) is 5.95 Å². The van der Waals surface area contributed by atoms with Crippen molar-refractivity contribution in [2.24, 2.45) is 0 Å². The molecule has 82 valence electrons. The summed E-state index contributed by atoms with van der Waals surface area (Å²) >= 11 is 0. The van der Waals surface area contributed by atoms with Gasteiger partial charge < -0.3 is 15.2 Å². The number of hydrogen-bond donors (Lipinski definition) is 2. The Morgan fingerprint density at radius 1 is 1.67 bits per heavy atom. The lowest BCUT2D eigenvalue weighted by molar-refractivity contribution is -0.147. The number of rotatable bonds is 5. The summed E-state index contributed by atoms with van der Waals surface area (Å²) in [5, 5.41) is 11.2. The molecule has 1 heterocycles. The first-order valence-electron chi connectivity index (χ1n) is 4.10. The van der Waals surface area contributed by atoms with Crippen LogP contribution in [-0.4, -0.2) is 40.8 Å². The van der Waals surface area contributed by atoms with E-state index in [2.05, 4.69) is 20.0 Å². The third-order valence-corrected chi connectivity index (χ3v) is 1.63. The average molecular weight is 215 g/mol. The number of aliphatic carboxylic acids is 1. The van der Waals surface area contributed by atoms with Crippen LogP contribution in [0.5, 0.6) is 0 Å². The van der Waals surface area contributed by atoms with Gasteiger partial charge in [0.15, 0.2) is 11.9 Å². The minimum atomic E-state index is -1.09. The van der Waals surface area contributed by atoms with Gasteiger partial charge in [-0.05, 0) is 0 Å². The van der Waals surface area contributed by atoms with Crippen molar-refractivity contribution in [1.82, 2.24) is 9.97 Å². The molecular weight excluding hydrogens is 205 g/mol. The van der Waals surface area contributed by atoms with E-state index in [0.717, 1.165) is 12.4 Å². The monoisotopic (exact) mass is 215 g/mol. The van der Waals surface area contributed by atoms with Gasteiger partial charge in [-0.2, -0.15) is 0 Å². The van der Waals surface area contributed by atoms with Crippen molar-refractivity contribution < 1.29 is 19.0 Å².